The van der Waals surface area contributed by atoms with Gasteiger partial charge in [-0.1, -0.05) is 0 Å². The van der Waals surface area contributed by atoms with E-state index in [0.717, 1.165) is 7.11 Å². The molecule has 1 rings (SSSR count). The van der Waals surface area contributed by atoms with E-state index in [-0.39, 0.29) is 0 Å². The van der Waals surface area contributed by atoms with E-state index in [1.165, 1.54) is 22.6 Å². The quantitative estimate of drug-likeness (QED) is 0.446. The van der Waals surface area contributed by atoms with Crippen LogP contribution in [0.4, 0.5) is 22.0 Å². The van der Waals surface area contributed by atoms with Gasteiger partial charge in [-0.25, -0.2) is 13.6 Å². The molecule has 0 bridgehead atoms. The summed E-state index contributed by atoms with van der Waals surface area (Å²) in [6, 6.07) is 0. The van der Waals surface area contributed by atoms with Gasteiger partial charge in [0.2, 0.25) is 0 Å². The third-order valence-corrected chi connectivity index (χ3v) is 2.87. The van der Waals surface area contributed by atoms with Crippen LogP contribution in [-0.4, -0.2) is 24.4 Å². The van der Waals surface area contributed by atoms with Crippen LogP contribution < -0.4 is 4.74 Å². The summed E-state index contributed by atoms with van der Waals surface area (Å²) in [6.45, 7) is 0. The molecule has 4 nitrogen and oxygen atoms in total. The van der Waals surface area contributed by atoms with Gasteiger partial charge in [-0.3, -0.25) is 4.98 Å². The molecule has 0 saturated heterocycles. The van der Waals surface area contributed by atoms with Crippen molar-refractivity contribution in [3.05, 3.63) is 21.0 Å². The Hall–Kier alpha value is -1.20. The van der Waals surface area contributed by atoms with E-state index in [0.29, 0.717) is 6.20 Å². The highest BCUT2D eigenvalue weighted by atomic mass is 127. The molecule has 0 atom stereocenters. The number of rotatable bonds is 3. The van der Waals surface area contributed by atoms with Crippen molar-refractivity contribution in [2.45, 2.75) is 12.8 Å². The van der Waals surface area contributed by atoms with Crippen LogP contribution in [0.25, 0.3) is 0 Å². The second kappa shape index (κ2) is 5.84. The summed E-state index contributed by atoms with van der Waals surface area (Å²) >= 11 is 1.20. The average molecular weight is 397 g/mol. The molecule has 1 aromatic heterocycles. The number of methoxy groups -OCH3 is 1. The maximum absolute atomic E-state index is 12.5. The van der Waals surface area contributed by atoms with Crippen LogP contribution >= 0.6 is 22.6 Å². The van der Waals surface area contributed by atoms with Gasteiger partial charge >= 0.3 is 12.3 Å². The number of ether oxygens (including phenoxy) is 2. The zero-order chi connectivity index (χ0) is 14.8. The van der Waals surface area contributed by atoms with Gasteiger partial charge in [0.15, 0.2) is 5.75 Å². The van der Waals surface area contributed by atoms with Crippen molar-refractivity contribution in [3.8, 4) is 5.75 Å². The highest BCUT2D eigenvalue weighted by Gasteiger charge is 2.36. The first-order valence-electron chi connectivity index (χ1n) is 4.48. The van der Waals surface area contributed by atoms with Crippen LogP contribution in [0.1, 0.15) is 22.5 Å². The summed E-state index contributed by atoms with van der Waals surface area (Å²) in [5, 5.41) is 0. The van der Waals surface area contributed by atoms with Crippen LogP contribution in [0.2, 0.25) is 0 Å². The highest BCUT2D eigenvalue weighted by molar-refractivity contribution is 14.1. The Balaban J connectivity index is 3.41. The lowest BCUT2D eigenvalue weighted by Crippen LogP contribution is -2.21. The molecule has 0 radical (unpaired) electrons. The summed E-state index contributed by atoms with van der Waals surface area (Å²) < 4.78 is 68.9. The van der Waals surface area contributed by atoms with Crippen molar-refractivity contribution in [2.75, 3.05) is 7.11 Å². The number of hydrogen-bond donors (Lipinski definition) is 0. The lowest BCUT2D eigenvalue weighted by molar-refractivity contribution is -0.275. The topological polar surface area (TPSA) is 48.4 Å². The summed E-state index contributed by atoms with van der Waals surface area (Å²) in [5.74, 6) is -2.23. The number of hydrogen-bond acceptors (Lipinski definition) is 4. The molecule has 0 saturated carbocycles. The van der Waals surface area contributed by atoms with E-state index in [1.807, 2.05) is 0 Å². The molecule has 0 unspecified atom stereocenters. The fourth-order valence-corrected chi connectivity index (χ4v) is 1.88. The Morgan fingerprint density at radius 2 is 2.00 bits per heavy atom. The standard InChI is InChI=1S/C9H5F5INO3/c1-18-8(17)3-2-16-5(7(10)11)4(15)6(3)19-9(12,13)14/h2,7H,1H3. The van der Waals surface area contributed by atoms with Crippen molar-refractivity contribution in [1.29, 1.82) is 0 Å². The largest absolute Gasteiger partial charge is 0.573 e. The molecule has 0 aliphatic rings. The van der Waals surface area contributed by atoms with E-state index >= 15 is 0 Å². The predicted molar refractivity (Wildman–Crippen MR) is 59.9 cm³/mol. The third kappa shape index (κ3) is 3.88. The zero-order valence-corrected chi connectivity index (χ0v) is 11.3. The fraction of sp³-hybridized carbons (Fsp3) is 0.333. The van der Waals surface area contributed by atoms with Crippen LogP contribution in [0.5, 0.6) is 5.75 Å². The van der Waals surface area contributed by atoms with Gasteiger partial charge in [-0.2, -0.15) is 0 Å². The minimum Gasteiger partial charge on any atom is -0.465 e. The number of alkyl halides is 5. The van der Waals surface area contributed by atoms with Crippen LogP contribution in [0.3, 0.4) is 0 Å². The van der Waals surface area contributed by atoms with Crippen LogP contribution in [0.15, 0.2) is 6.20 Å². The molecule has 106 valence electrons. The van der Waals surface area contributed by atoms with Gasteiger partial charge in [-0.15, -0.1) is 13.2 Å². The molecule has 0 fully saturated rings. The molecule has 0 aromatic carbocycles. The summed E-state index contributed by atoms with van der Waals surface area (Å²) in [6.07, 6.45) is -7.69. The smallest absolute Gasteiger partial charge is 0.465 e. The average Bonchev–Trinajstić information content (AvgIpc) is 2.28. The highest BCUT2D eigenvalue weighted by Crippen LogP contribution is 2.35. The van der Waals surface area contributed by atoms with E-state index in [1.54, 1.807) is 0 Å². The van der Waals surface area contributed by atoms with Crippen molar-refractivity contribution in [3.63, 3.8) is 0 Å². The molecule has 1 heterocycles. The second-order valence-electron chi connectivity index (χ2n) is 3.04. The summed E-state index contributed by atoms with van der Waals surface area (Å²) in [5.41, 5.74) is -1.60. The Bertz CT molecular complexity index is 491. The van der Waals surface area contributed by atoms with E-state index in [4.69, 9.17) is 0 Å². The van der Waals surface area contributed by atoms with Gasteiger partial charge in [0.05, 0.1) is 10.7 Å². The molecule has 10 heteroatoms. The van der Waals surface area contributed by atoms with E-state index in [9.17, 15) is 26.7 Å². The molecule has 0 aliphatic heterocycles. The number of nitrogens with zero attached hydrogens (tertiary/aromatic N) is 1. The van der Waals surface area contributed by atoms with Crippen molar-refractivity contribution in [1.82, 2.24) is 4.98 Å². The fourth-order valence-electron chi connectivity index (χ4n) is 1.11. The van der Waals surface area contributed by atoms with Gasteiger partial charge < -0.3 is 9.47 Å². The Morgan fingerprint density at radius 1 is 1.42 bits per heavy atom. The number of pyridine rings is 1. The number of aromatic nitrogens is 1. The van der Waals surface area contributed by atoms with Gasteiger partial charge in [0, 0.05) is 6.20 Å². The molecule has 19 heavy (non-hydrogen) atoms. The SMILES string of the molecule is COC(=O)c1cnc(C(F)F)c(I)c1OC(F)(F)F. The first-order valence-corrected chi connectivity index (χ1v) is 5.56. The summed E-state index contributed by atoms with van der Waals surface area (Å²) in [7, 11) is 0.924. The Kier molecular flexibility index (Phi) is 4.87. The second-order valence-corrected chi connectivity index (χ2v) is 4.12. The Morgan fingerprint density at radius 3 is 2.42 bits per heavy atom. The summed E-state index contributed by atoms with van der Waals surface area (Å²) in [4.78, 5) is 14.5. The maximum Gasteiger partial charge on any atom is 0.573 e. The number of carbonyl (C=O) groups is 1. The number of halogens is 6. The molecule has 0 amide bonds. The minimum absolute atomic E-state index is 0.552. The number of carbonyl (C=O) groups excluding carboxylic acids is 1. The first-order chi connectivity index (χ1) is 8.67. The minimum atomic E-state index is -5.14. The van der Waals surface area contributed by atoms with Crippen molar-refractivity contribution >= 4 is 28.6 Å². The molecule has 0 spiro atoms. The monoisotopic (exact) mass is 397 g/mol. The maximum atomic E-state index is 12.5. The van der Waals surface area contributed by atoms with E-state index in [2.05, 4.69) is 14.5 Å². The van der Waals surface area contributed by atoms with E-state index < -0.39 is 39.3 Å². The lowest BCUT2D eigenvalue weighted by atomic mass is 10.2. The van der Waals surface area contributed by atoms with Crippen LogP contribution in [0, 0.1) is 3.57 Å². The van der Waals surface area contributed by atoms with Crippen LogP contribution in [-0.2, 0) is 4.74 Å². The van der Waals surface area contributed by atoms with Gasteiger partial charge in [-0.05, 0) is 22.6 Å². The molecular formula is C9H5F5INO3. The third-order valence-electron chi connectivity index (χ3n) is 1.83. The zero-order valence-electron chi connectivity index (χ0n) is 9.09. The molecule has 1 aromatic rings. The Labute approximate surface area is 117 Å². The van der Waals surface area contributed by atoms with Crippen molar-refractivity contribution in [2.24, 2.45) is 0 Å². The molecule has 0 N–H and O–H groups in total. The molecular weight excluding hydrogens is 392 g/mol. The molecule has 0 aliphatic carbocycles. The van der Waals surface area contributed by atoms with Gasteiger partial charge in [0.1, 0.15) is 11.3 Å². The lowest BCUT2D eigenvalue weighted by Gasteiger charge is -2.15. The van der Waals surface area contributed by atoms with Gasteiger partial charge in [0.25, 0.3) is 6.43 Å². The first kappa shape index (κ1) is 15.9. The number of esters is 1. The van der Waals surface area contributed by atoms with Crippen molar-refractivity contribution < 1.29 is 36.2 Å². The predicted octanol–water partition coefficient (Wildman–Crippen LogP) is 3.31. The normalized spacial score (nSPS) is 11.6.